The van der Waals surface area contributed by atoms with Crippen molar-refractivity contribution in [1.29, 1.82) is 0 Å². The lowest BCUT2D eigenvalue weighted by Gasteiger charge is -2.41. The van der Waals surface area contributed by atoms with Gasteiger partial charge in [-0.1, -0.05) is 30.4 Å². The van der Waals surface area contributed by atoms with Crippen LogP contribution >= 0.6 is 0 Å². The zero-order chi connectivity index (χ0) is 19.9. The molecule has 2 fully saturated rings. The minimum Gasteiger partial charge on any atom is -0.496 e. The minimum atomic E-state index is -0.354. The number of unbranched alkanes of at least 4 members (excludes halogenated alkanes) is 1. The molecule has 1 saturated heterocycles. The molecular formula is C25H33NO2. The molecule has 28 heavy (non-hydrogen) atoms. The number of nitrogens with zero attached hydrogens (tertiary/aromatic N) is 1. The Morgan fingerprint density at radius 2 is 2.18 bits per heavy atom. The van der Waals surface area contributed by atoms with E-state index >= 15 is 0 Å². The fraction of sp³-hybridized carbons (Fsp3) is 0.520. The van der Waals surface area contributed by atoms with Crippen molar-refractivity contribution in [3.05, 3.63) is 53.1 Å². The third-order valence-electron chi connectivity index (χ3n) is 5.85. The molecule has 150 valence electrons. The molecule has 1 saturated carbocycles. The van der Waals surface area contributed by atoms with Crippen LogP contribution in [0.3, 0.4) is 0 Å². The quantitative estimate of drug-likeness (QED) is 0.364. The Hall–Kier alpha value is -2.02. The predicted octanol–water partition coefficient (Wildman–Crippen LogP) is 4.67. The Bertz CT molecular complexity index is 746. The molecule has 1 aliphatic carbocycles. The van der Waals surface area contributed by atoms with E-state index in [9.17, 15) is 5.11 Å². The van der Waals surface area contributed by atoms with Crippen molar-refractivity contribution < 1.29 is 9.84 Å². The maximum absolute atomic E-state index is 9.62. The molecule has 3 nitrogen and oxygen atoms in total. The SMILES string of the molecule is C#CC/C=C(\C=C/CCCc1ccc(C2CN(C(C)O)C2)cc1OC)C1CC1. The molecule has 1 aliphatic heterocycles. The van der Waals surface area contributed by atoms with E-state index in [2.05, 4.69) is 47.2 Å². The Kier molecular flexibility index (Phi) is 7.36. The van der Waals surface area contributed by atoms with Crippen LogP contribution in [0.15, 0.2) is 42.0 Å². The largest absolute Gasteiger partial charge is 0.496 e. The van der Waals surface area contributed by atoms with Crippen molar-refractivity contribution in [1.82, 2.24) is 4.90 Å². The van der Waals surface area contributed by atoms with Crippen LogP contribution in [0.5, 0.6) is 5.75 Å². The molecule has 1 aromatic carbocycles. The van der Waals surface area contributed by atoms with Crippen molar-refractivity contribution >= 4 is 0 Å². The van der Waals surface area contributed by atoms with Crippen LogP contribution in [0.2, 0.25) is 0 Å². The Labute approximate surface area is 170 Å². The number of rotatable bonds is 10. The molecule has 1 N–H and O–H groups in total. The monoisotopic (exact) mass is 379 g/mol. The zero-order valence-corrected chi connectivity index (χ0v) is 17.2. The summed E-state index contributed by atoms with van der Waals surface area (Å²) in [6.45, 7) is 3.66. The maximum atomic E-state index is 9.62. The summed E-state index contributed by atoms with van der Waals surface area (Å²) in [5.74, 6) is 4.94. The van der Waals surface area contributed by atoms with Crippen LogP contribution in [-0.4, -0.2) is 36.4 Å². The summed E-state index contributed by atoms with van der Waals surface area (Å²) in [5, 5.41) is 9.62. The summed E-state index contributed by atoms with van der Waals surface area (Å²) in [6, 6.07) is 6.62. The second-order valence-corrected chi connectivity index (χ2v) is 8.04. The van der Waals surface area contributed by atoms with Gasteiger partial charge in [-0.3, -0.25) is 4.90 Å². The van der Waals surface area contributed by atoms with Gasteiger partial charge >= 0.3 is 0 Å². The van der Waals surface area contributed by atoms with Gasteiger partial charge in [0.15, 0.2) is 0 Å². The second-order valence-electron chi connectivity index (χ2n) is 8.04. The van der Waals surface area contributed by atoms with Gasteiger partial charge in [0.2, 0.25) is 0 Å². The molecule has 1 heterocycles. The Morgan fingerprint density at radius 1 is 1.39 bits per heavy atom. The Balaban J connectivity index is 1.49. The van der Waals surface area contributed by atoms with E-state index in [-0.39, 0.29) is 6.23 Å². The number of ether oxygens (including phenoxy) is 1. The number of hydrogen-bond acceptors (Lipinski definition) is 3. The summed E-state index contributed by atoms with van der Waals surface area (Å²) in [4.78, 5) is 2.07. The fourth-order valence-electron chi connectivity index (χ4n) is 3.84. The van der Waals surface area contributed by atoms with Gasteiger partial charge in [0.1, 0.15) is 12.0 Å². The summed E-state index contributed by atoms with van der Waals surface area (Å²) < 4.78 is 5.65. The molecule has 0 bridgehead atoms. The maximum Gasteiger partial charge on any atom is 0.122 e. The molecule has 1 aromatic rings. The lowest BCUT2D eigenvalue weighted by Crippen LogP contribution is -2.49. The standard InChI is InChI=1S/C25H33NO2/c1-4-5-9-20(21-12-13-21)10-7-6-8-11-22-14-15-23(16-25(22)28-3)24-17-26(18-24)19(2)27/h1,7,9-10,14-16,19,21,24,27H,5-6,8,11-13,17-18H2,2-3H3/b10-7-,20-9+. The number of aryl methyl sites for hydroxylation is 1. The number of benzene rings is 1. The number of terminal acetylenes is 1. The molecule has 0 amide bonds. The normalized spacial score (nSPS) is 19.4. The summed E-state index contributed by atoms with van der Waals surface area (Å²) in [6.07, 6.45) is 18.3. The van der Waals surface area contributed by atoms with Crippen molar-refractivity contribution in [3.63, 3.8) is 0 Å². The molecule has 0 aromatic heterocycles. The van der Waals surface area contributed by atoms with E-state index in [1.54, 1.807) is 7.11 Å². The van der Waals surface area contributed by atoms with Crippen LogP contribution in [0.4, 0.5) is 0 Å². The number of aliphatic hydroxyl groups excluding tert-OH is 1. The van der Waals surface area contributed by atoms with E-state index in [1.165, 1.54) is 29.5 Å². The smallest absolute Gasteiger partial charge is 0.122 e. The predicted molar refractivity (Wildman–Crippen MR) is 115 cm³/mol. The van der Waals surface area contributed by atoms with Crippen LogP contribution in [-0.2, 0) is 6.42 Å². The first-order chi connectivity index (χ1) is 13.6. The van der Waals surface area contributed by atoms with Crippen molar-refractivity contribution in [2.45, 2.75) is 57.6 Å². The number of hydrogen-bond donors (Lipinski definition) is 1. The summed E-state index contributed by atoms with van der Waals surface area (Å²) in [5.41, 5.74) is 4.01. The highest BCUT2D eigenvalue weighted by molar-refractivity contribution is 5.40. The van der Waals surface area contributed by atoms with Crippen LogP contribution < -0.4 is 4.74 Å². The first-order valence-electron chi connectivity index (χ1n) is 10.5. The number of aliphatic hydroxyl groups is 1. The molecule has 2 aliphatic rings. The van der Waals surface area contributed by atoms with Crippen LogP contribution in [0.25, 0.3) is 0 Å². The van der Waals surface area contributed by atoms with Crippen LogP contribution in [0, 0.1) is 18.3 Å². The summed E-state index contributed by atoms with van der Waals surface area (Å²) >= 11 is 0. The highest BCUT2D eigenvalue weighted by Crippen LogP contribution is 2.37. The van der Waals surface area contributed by atoms with Gasteiger partial charge < -0.3 is 9.84 Å². The Morgan fingerprint density at radius 3 is 2.82 bits per heavy atom. The van der Waals surface area contributed by atoms with Crippen LogP contribution in [0.1, 0.15) is 56.1 Å². The third-order valence-corrected chi connectivity index (χ3v) is 5.85. The van der Waals surface area contributed by atoms with Crippen molar-refractivity contribution in [2.24, 2.45) is 5.92 Å². The molecule has 3 rings (SSSR count). The topological polar surface area (TPSA) is 32.7 Å². The second kappa shape index (κ2) is 9.96. The van der Waals surface area contributed by atoms with Gasteiger partial charge in [0.25, 0.3) is 0 Å². The average molecular weight is 380 g/mol. The molecular weight excluding hydrogens is 346 g/mol. The number of methoxy groups -OCH3 is 1. The van der Waals surface area contributed by atoms with Gasteiger partial charge in [0.05, 0.1) is 7.11 Å². The zero-order valence-electron chi connectivity index (χ0n) is 17.2. The van der Waals surface area contributed by atoms with Gasteiger partial charge in [0, 0.05) is 25.4 Å². The number of likely N-dealkylation sites (tertiary alicyclic amines) is 1. The fourth-order valence-corrected chi connectivity index (χ4v) is 3.84. The first-order valence-corrected chi connectivity index (χ1v) is 10.5. The van der Waals surface area contributed by atoms with Gasteiger partial charge in [-0.2, -0.15) is 0 Å². The molecule has 1 atom stereocenters. The minimum absolute atomic E-state index is 0.354. The van der Waals surface area contributed by atoms with Gasteiger partial charge in [-0.15, -0.1) is 12.3 Å². The van der Waals surface area contributed by atoms with Crippen molar-refractivity contribution in [2.75, 3.05) is 20.2 Å². The van der Waals surface area contributed by atoms with Crippen molar-refractivity contribution in [3.8, 4) is 18.1 Å². The molecule has 3 heteroatoms. The summed E-state index contributed by atoms with van der Waals surface area (Å²) in [7, 11) is 1.75. The van der Waals surface area contributed by atoms with E-state index in [1.807, 2.05) is 6.92 Å². The van der Waals surface area contributed by atoms with E-state index in [0.717, 1.165) is 50.4 Å². The lowest BCUT2D eigenvalue weighted by molar-refractivity contribution is -0.0331. The van der Waals surface area contributed by atoms with Gasteiger partial charge in [-0.05, 0) is 67.7 Å². The van der Waals surface area contributed by atoms with E-state index in [0.29, 0.717) is 5.92 Å². The molecule has 0 radical (unpaired) electrons. The highest BCUT2D eigenvalue weighted by atomic mass is 16.5. The molecule has 1 unspecified atom stereocenters. The highest BCUT2D eigenvalue weighted by Gasteiger charge is 2.30. The number of allylic oxidation sites excluding steroid dienone is 4. The molecule has 0 spiro atoms. The van der Waals surface area contributed by atoms with Gasteiger partial charge in [-0.25, -0.2) is 0 Å². The average Bonchev–Trinajstić information content (AvgIpc) is 3.48. The van der Waals surface area contributed by atoms with E-state index in [4.69, 9.17) is 11.2 Å². The van der Waals surface area contributed by atoms with E-state index < -0.39 is 0 Å². The first kappa shape index (κ1) is 20.7. The third kappa shape index (κ3) is 5.50. The lowest BCUT2D eigenvalue weighted by atomic mass is 9.90.